The molecule has 29 heavy (non-hydrogen) atoms. The van der Waals surface area contributed by atoms with Crippen molar-refractivity contribution >= 4 is 17.8 Å². The number of benzene rings is 2. The Morgan fingerprint density at radius 3 is 2.38 bits per heavy atom. The van der Waals surface area contributed by atoms with Crippen LogP contribution < -0.4 is 10.1 Å². The molecule has 0 aliphatic heterocycles. The monoisotopic (exact) mass is 398 g/mol. The summed E-state index contributed by atoms with van der Waals surface area (Å²) in [7, 11) is 3.31. The van der Waals surface area contributed by atoms with Crippen LogP contribution in [0.15, 0.2) is 42.5 Å². The molecule has 1 atom stereocenters. The summed E-state index contributed by atoms with van der Waals surface area (Å²) in [6.45, 7) is 3.56. The van der Waals surface area contributed by atoms with E-state index < -0.39 is 5.97 Å². The topological polar surface area (TPSA) is 95.9 Å². The SMILES string of the molecule is CCC(NC(=O)c1cc(C)cc(C(=O)O)c1)c1ccccc1OCC(=O)N(C)C. The highest BCUT2D eigenvalue weighted by Gasteiger charge is 2.19. The van der Waals surface area contributed by atoms with Crippen molar-refractivity contribution in [3.8, 4) is 5.75 Å². The van der Waals surface area contributed by atoms with Gasteiger partial charge in [-0.25, -0.2) is 4.79 Å². The molecule has 0 saturated carbocycles. The number of ether oxygens (including phenoxy) is 1. The molecule has 0 radical (unpaired) electrons. The summed E-state index contributed by atoms with van der Waals surface area (Å²) in [5.41, 5.74) is 1.78. The molecule has 0 bridgehead atoms. The molecule has 7 heteroatoms. The first-order chi connectivity index (χ1) is 13.7. The van der Waals surface area contributed by atoms with Gasteiger partial charge < -0.3 is 20.1 Å². The van der Waals surface area contributed by atoms with Gasteiger partial charge in [-0.05, 0) is 43.2 Å². The number of hydrogen-bond acceptors (Lipinski definition) is 4. The van der Waals surface area contributed by atoms with Crippen LogP contribution in [0.1, 0.15) is 51.2 Å². The maximum atomic E-state index is 12.8. The Bertz CT molecular complexity index is 908. The van der Waals surface area contributed by atoms with Gasteiger partial charge in [0, 0.05) is 25.2 Å². The number of carbonyl (C=O) groups is 3. The lowest BCUT2D eigenvalue weighted by molar-refractivity contribution is -0.130. The Kier molecular flexibility index (Phi) is 7.36. The molecule has 2 rings (SSSR count). The van der Waals surface area contributed by atoms with Crippen molar-refractivity contribution in [3.05, 3.63) is 64.7 Å². The summed E-state index contributed by atoms with van der Waals surface area (Å²) < 4.78 is 5.68. The largest absolute Gasteiger partial charge is 0.483 e. The number of nitrogens with one attached hydrogen (secondary N) is 1. The van der Waals surface area contributed by atoms with Gasteiger partial charge in [-0.15, -0.1) is 0 Å². The Labute approximate surface area is 170 Å². The molecule has 1 unspecified atom stereocenters. The number of rotatable bonds is 8. The van der Waals surface area contributed by atoms with Crippen LogP contribution in [0.3, 0.4) is 0 Å². The zero-order valence-corrected chi connectivity index (χ0v) is 17.1. The molecular formula is C22H26N2O5. The van der Waals surface area contributed by atoms with E-state index in [4.69, 9.17) is 4.74 Å². The highest BCUT2D eigenvalue weighted by Crippen LogP contribution is 2.27. The summed E-state index contributed by atoms with van der Waals surface area (Å²) >= 11 is 0. The average Bonchev–Trinajstić information content (AvgIpc) is 2.69. The van der Waals surface area contributed by atoms with Crippen LogP contribution in [0.25, 0.3) is 0 Å². The van der Waals surface area contributed by atoms with Crippen molar-refractivity contribution in [2.24, 2.45) is 0 Å². The molecule has 2 aromatic rings. The van der Waals surface area contributed by atoms with Crippen LogP contribution >= 0.6 is 0 Å². The molecule has 0 aliphatic rings. The summed E-state index contributed by atoms with van der Waals surface area (Å²) in [6.07, 6.45) is 0.589. The van der Waals surface area contributed by atoms with Gasteiger partial charge in [0.15, 0.2) is 6.61 Å². The van der Waals surface area contributed by atoms with Gasteiger partial charge >= 0.3 is 5.97 Å². The second-order valence-electron chi connectivity index (χ2n) is 6.94. The van der Waals surface area contributed by atoms with Crippen LogP contribution in [-0.4, -0.2) is 48.5 Å². The maximum Gasteiger partial charge on any atom is 0.335 e. The molecule has 2 amide bonds. The first-order valence-corrected chi connectivity index (χ1v) is 9.30. The Morgan fingerprint density at radius 1 is 1.10 bits per heavy atom. The quantitative estimate of drug-likeness (QED) is 0.713. The van der Waals surface area contributed by atoms with E-state index in [0.29, 0.717) is 17.7 Å². The predicted molar refractivity (Wildman–Crippen MR) is 109 cm³/mol. The fourth-order valence-electron chi connectivity index (χ4n) is 2.85. The molecule has 0 spiro atoms. The van der Waals surface area contributed by atoms with Crippen molar-refractivity contribution in [1.82, 2.24) is 10.2 Å². The van der Waals surface area contributed by atoms with E-state index in [1.54, 1.807) is 39.2 Å². The van der Waals surface area contributed by atoms with E-state index in [2.05, 4.69) is 5.32 Å². The van der Waals surface area contributed by atoms with Gasteiger partial charge in [-0.1, -0.05) is 25.1 Å². The number of carboxylic acids is 1. The highest BCUT2D eigenvalue weighted by atomic mass is 16.5. The number of aromatic carboxylic acids is 1. The minimum atomic E-state index is -1.08. The summed E-state index contributed by atoms with van der Waals surface area (Å²) in [5.74, 6) is -1.11. The molecule has 0 aromatic heterocycles. The van der Waals surface area contributed by atoms with Crippen molar-refractivity contribution in [1.29, 1.82) is 0 Å². The molecule has 0 saturated heterocycles. The minimum Gasteiger partial charge on any atom is -0.483 e. The zero-order chi connectivity index (χ0) is 21.6. The van der Waals surface area contributed by atoms with Crippen molar-refractivity contribution in [2.75, 3.05) is 20.7 Å². The Hall–Kier alpha value is -3.35. The molecule has 2 N–H and O–H groups in total. The molecule has 154 valence electrons. The summed E-state index contributed by atoms with van der Waals surface area (Å²) in [5, 5.41) is 12.2. The number of amides is 2. The van der Waals surface area contributed by atoms with Gasteiger partial charge in [0.05, 0.1) is 11.6 Å². The summed E-state index contributed by atoms with van der Waals surface area (Å²) in [4.78, 5) is 37.3. The number of nitrogens with zero attached hydrogens (tertiary/aromatic N) is 1. The van der Waals surface area contributed by atoms with Crippen LogP contribution in [0.4, 0.5) is 0 Å². The Balaban J connectivity index is 2.23. The van der Waals surface area contributed by atoms with Crippen LogP contribution in [0.2, 0.25) is 0 Å². The average molecular weight is 398 g/mol. The van der Waals surface area contributed by atoms with E-state index in [1.807, 2.05) is 19.1 Å². The smallest absolute Gasteiger partial charge is 0.335 e. The third-order valence-corrected chi connectivity index (χ3v) is 4.44. The first-order valence-electron chi connectivity index (χ1n) is 9.30. The third kappa shape index (κ3) is 5.81. The van der Waals surface area contributed by atoms with Crippen molar-refractivity contribution < 1.29 is 24.2 Å². The van der Waals surface area contributed by atoms with E-state index in [9.17, 15) is 19.5 Å². The molecule has 0 aliphatic carbocycles. The fourth-order valence-corrected chi connectivity index (χ4v) is 2.85. The van der Waals surface area contributed by atoms with E-state index in [1.165, 1.54) is 17.0 Å². The predicted octanol–water partition coefficient (Wildman–Crippen LogP) is 3.04. The van der Waals surface area contributed by atoms with E-state index in [-0.39, 0.29) is 35.6 Å². The highest BCUT2D eigenvalue weighted by molar-refractivity contribution is 5.98. The van der Waals surface area contributed by atoms with Gasteiger partial charge in [-0.2, -0.15) is 0 Å². The maximum absolute atomic E-state index is 12.8. The number of carbonyl (C=O) groups excluding carboxylic acids is 2. The Morgan fingerprint density at radius 2 is 1.76 bits per heavy atom. The van der Waals surface area contributed by atoms with E-state index >= 15 is 0 Å². The molecule has 0 fully saturated rings. The lowest BCUT2D eigenvalue weighted by Gasteiger charge is -2.21. The fraction of sp³-hybridized carbons (Fsp3) is 0.318. The molecular weight excluding hydrogens is 372 g/mol. The minimum absolute atomic E-state index is 0.0640. The number of likely N-dealkylation sites (N-methyl/N-ethyl adjacent to an activating group) is 1. The number of hydrogen-bond donors (Lipinski definition) is 2. The number of carboxylic acid groups (broad SMARTS) is 1. The van der Waals surface area contributed by atoms with Gasteiger partial charge in [-0.3, -0.25) is 9.59 Å². The van der Waals surface area contributed by atoms with Crippen molar-refractivity contribution in [2.45, 2.75) is 26.3 Å². The molecule has 7 nitrogen and oxygen atoms in total. The zero-order valence-electron chi connectivity index (χ0n) is 17.1. The standard InChI is InChI=1S/C22H26N2O5/c1-5-18(17-8-6-7-9-19(17)29-13-20(25)24(3)4)23-21(26)15-10-14(2)11-16(12-15)22(27)28/h6-12,18H,5,13H2,1-4H3,(H,23,26)(H,27,28). The molecule has 0 heterocycles. The third-order valence-electron chi connectivity index (χ3n) is 4.44. The van der Waals surface area contributed by atoms with Crippen molar-refractivity contribution in [3.63, 3.8) is 0 Å². The second kappa shape index (κ2) is 9.73. The number of para-hydroxylation sites is 1. The van der Waals surface area contributed by atoms with Crippen LogP contribution in [-0.2, 0) is 4.79 Å². The van der Waals surface area contributed by atoms with Crippen LogP contribution in [0, 0.1) is 6.92 Å². The van der Waals surface area contributed by atoms with Crippen LogP contribution in [0.5, 0.6) is 5.75 Å². The second-order valence-corrected chi connectivity index (χ2v) is 6.94. The van der Waals surface area contributed by atoms with E-state index in [0.717, 1.165) is 5.56 Å². The lowest BCUT2D eigenvalue weighted by atomic mass is 10.0. The normalized spacial score (nSPS) is 11.4. The van der Waals surface area contributed by atoms with Gasteiger partial charge in [0.25, 0.3) is 11.8 Å². The lowest BCUT2D eigenvalue weighted by Crippen LogP contribution is -2.30. The molecule has 2 aromatic carbocycles. The van der Waals surface area contributed by atoms with Gasteiger partial charge in [0.1, 0.15) is 5.75 Å². The number of aryl methyl sites for hydroxylation is 1. The summed E-state index contributed by atoms with van der Waals surface area (Å²) in [6, 6.07) is 11.4. The van der Waals surface area contributed by atoms with Gasteiger partial charge in [0.2, 0.25) is 0 Å². The first kappa shape index (κ1) is 21.9.